The number of benzene rings is 3. The molecule has 3 aromatic rings. The lowest BCUT2D eigenvalue weighted by Gasteiger charge is -2.39. The lowest BCUT2D eigenvalue weighted by atomic mass is 10.1. The molecule has 0 atom stereocenters. The van der Waals surface area contributed by atoms with Gasteiger partial charge in [0.15, 0.2) is 0 Å². The van der Waals surface area contributed by atoms with Gasteiger partial charge >= 0.3 is 0 Å². The van der Waals surface area contributed by atoms with Crippen LogP contribution in [0.3, 0.4) is 0 Å². The maximum Gasteiger partial charge on any atom is 0.254 e. The Kier molecular flexibility index (Phi) is 9.56. The molecule has 0 aliphatic rings. The highest BCUT2D eigenvalue weighted by molar-refractivity contribution is 7.41. The third-order valence-electron chi connectivity index (χ3n) is 7.60. The molecule has 0 bridgehead atoms. The summed E-state index contributed by atoms with van der Waals surface area (Å²) < 4.78 is 0. The fourth-order valence-corrected chi connectivity index (χ4v) is 11.4. The van der Waals surface area contributed by atoms with Crippen molar-refractivity contribution in [1.29, 1.82) is 0 Å². The second-order valence-corrected chi connectivity index (χ2v) is 17.2. The van der Waals surface area contributed by atoms with Crippen molar-refractivity contribution in [3.8, 4) is 0 Å². The summed E-state index contributed by atoms with van der Waals surface area (Å²) >= 11 is 8.61. The van der Waals surface area contributed by atoms with Gasteiger partial charge in [0.2, 0.25) is 0 Å². The van der Waals surface area contributed by atoms with E-state index in [1.807, 2.05) is 0 Å². The Labute approximate surface area is 255 Å². The summed E-state index contributed by atoms with van der Waals surface area (Å²) in [6, 6.07) is 13.8. The number of aryl methyl sites for hydroxylation is 3. The Bertz CT molecular complexity index is 1240. The first-order valence-electron chi connectivity index (χ1n) is 14.1. The van der Waals surface area contributed by atoms with Crippen LogP contribution in [0.1, 0.15) is 16.7 Å². The molecule has 3 rings (SSSR count). The van der Waals surface area contributed by atoms with Gasteiger partial charge in [-0.2, -0.15) is 0 Å². The molecule has 0 aliphatic carbocycles. The topological polar surface area (TPSA) is 19.4 Å². The van der Waals surface area contributed by atoms with Crippen LogP contribution >= 0.6 is 11.1 Å². The molecular formula is C33H51ClN6Si. The predicted molar refractivity (Wildman–Crippen MR) is 190 cm³/mol. The molecule has 0 saturated carbocycles. The zero-order valence-corrected chi connectivity index (χ0v) is 29.8. The smallest absolute Gasteiger partial charge is 0.254 e. The van der Waals surface area contributed by atoms with Crippen molar-refractivity contribution in [2.75, 3.05) is 114 Å². The summed E-state index contributed by atoms with van der Waals surface area (Å²) in [7, 11) is 22.3. The van der Waals surface area contributed by atoms with Crippen molar-refractivity contribution in [3.05, 3.63) is 53.1 Å². The fourth-order valence-electron chi connectivity index (χ4n) is 5.93. The molecule has 6 nitrogen and oxygen atoms in total. The van der Waals surface area contributed by atoms with Gasteiger partial charge < -0.3 is 29.4 Å². The van der Waals surface area contributed by atoms with Gasteiger partial charge in [-0.25, -0.2) is 0 Å². The van der Waals surface area contributed by atoms with E-state index in [1.165, 1.54) is 49.3 Å². The second-order valence-electron chi connectivity index (χ2n) is 12.6. The summed E-state index contributed by atoms with van der Waals surface area (Å²) in [5.41, 5.74) is 10.6. The minimum Gasteiger partial charge on any atom is -0.376 e. The normalized spacial score (nSPS) is 11.4. The maximum absolute atomic E-state index is 8.61. The van der Waals surface area contributed by atoms with Gasteiger partial charge in [0.25, 0.3) is 7.38 Å². The van der Waals surface area contributed by atoms with Crippen LogP contribution < -0.4 is 45.0 Å². The SMILES string of the molecule is Cc1cc(N(C)C)c(N(C)C)c([Si](Cl)(c2cc(C)cc(N(C)C)c2N(C)C)c2cc(C)cc(N(C)C)c2N(C)C)c1. The van der Waals surface area contributed by atoms with E-state index in [1.54, 1.807) is 0 Å². The molecule has 3 aromatic carbocycles. The van der Waals surface area contributed by atoms with E-state index < -0.39 is 7.38 Å². The first-order chi connectivity index (χ1) is 18.9. The largest absolute Gasteiger partial charge is 0.376 e. The van der Waals surface area contributed by atoms with Gasteiger partial charge in [0.05, 0.1) is 34.1 Å². The van der Waals surface area contributed by atoms with E-state index in [-0.39, 0.29) is 0 Å². The number of anilines is 6. The lowest BCUT2D eigenvalue weighted by Crippen LogP contribution is -2.65. The van der Waals surface area contributed by atoms with E-state index in [9.17, 15) is 0 Å². The minimum absolute atomic E-state index is 1.16. The quantitative estimate of drug-likeness (QED) is 0.208. The van der Waals surface area contributed by atoms with Gasteiger partial charge in [-0.3, -0.25) is 0 Å². The highest BCUT2D eigenvalue weighted by atomic mass is 35.6. The molecule has 8 heteroatoms. The molecule has 0 aromatic heterocycles. The minimum atomic E-state index is -3.26. The van der Waals surface area contributed by atoms with Crippen molar-refractivity contribution in [2.45, 2.75) is 20.8 Å². The third kappa shape index (κ3) is 5.98. The Morgan fingerprint density at radius 1 is 0.390 bits per heavy atom. The first kappa shape index (κ1) is 32.5. The molecule has 0 unspecified atom stereocenters. The molecule has 224 valence electrons. The van der Waals surface area contributed by atoms with Crippen LogP contribution in [0.2, 0.25) is 0 Å². The van der Waals surface area contributed by atoms with Gasteiger partial charge in [-0.05, 0) is 71.2 Å². The highest BCUT2D eigenvalue weighted by Gasteiger charge is 2.46. The van der Waals surface area contributed by atoms with Gasteiger partial charge in [0.1, 0.15) is 0 Å². The average Bonchev–Trinajstić information content (AvgIpc) is 2.85. The standard InChI is InChI=1S/C33H51ClN6Si/c1-22-16-25(35(4)5)31(38(10)11)28(19-22)41(34,29-20-23(2)17-26(36(6)7)32(29)39(12)13)30-21-24(3)18-27(37(8)9)33(30)40(14)15/h16-21H,1-15H3. The Morgan fingerprint density at radius 3 is 0.780 bits per heavy atom. The van der Waals surface area contributed by atoms with Gasteiger partial charge in [0, 0.05) is 84.6 Å². The molecule has 0 spiro atoms. The third-order valence-corrected chi connectivity index (χ3v) is 12.8. The number of nitrogens with zero attached hydrogens (tertiary/aromatic N) is 6. The summed E-state index contributed by atoms with van der Waals surface area (Å²) in [6.45, 7) is 6.55. The van der Waals surface area contributed by atoms with Crippen LogP contribution in [0.15, 0.2) is 36.4 Å². The van der Waals surface area contributed by atoms with Gasteiger partial charge in [-0.15, -0.1) is 11.1 Å². The zero-order valence-electron chi connectivity index (χ0n) is 28.0. The van der Waals surface area contributed by atoms with Gasteiger partial charge in [-0.1, -0.05) is 18.2 Å². The number of rotatable bonds is 9. The molecule has 41 heavy (non-hydrogen) atoms. The summed E-state index contributed by atoms with van der Waals surface area (Å²) in [5.74, 6) is 0. The highest BCUT2D eigenvalue weighted by Crippen LogP contribution is 2.37. The van der Waals surface area contributed by atoms with Crippen molar-refractivity contribution in [2.24, 2.45) is 0 Å². The molecule has 0 radical (unpaired) electrons. The van der Waals surface area contributed by atoms with E-state index in [4.69, 9.17) is 11.1 Å². The maximum atomic E-state index is 8.61. The Hall–Kier alpha value is -3.03. The molecular weight excluding hydrogens is 544 g/mol. The molecule has 0 amide bonds. The van der Waals surface area contributed by atoms with E-state index >= 15 is 0 Å². The molecule has 0 N–H and O–H groups in total. The van der Waals surface area contributed by atoms with Crippen molar-refractivity contribution >= 4 is 68.1 Å². The summed E-state index contributed by atoms with van der Waals surface area (Å²) in [5, 5.41) is 3.60. The average molecular weight is 595 g/mol. The van der Waals surface area contributed by atoms with Crippen molar-refractivity contribution in [1.82, 2.24) is 0 Å². The number of hydrogen-bond acceptors (Lipinski definition) is 6. The Morgan fingerprint density at radius 2 is 0.610 bits per heavy atom. The second kappa shape index (κ2) is 12.1. The van der Waals surface area contributed by atoms with Crippen LogP contribution in [0, 0.1) is 20.8 Å². The van der Waals surface area contributed by atoms with Crippen LogP contribution in [0.4, 0.5) is 34.1 Å². The predicted octanol–water partition coefficient (Wildman–Crippen LogP) is 4.21. The number of halogens is 1. The molecule has 0 saturated heterocycles. The molecule has 0 heterocycles. The van der Waals surface area contributed by atoms with Crippen LogP contribution in [0.25, 0.3) is 0 Å². The first-order valence-corrected chi connectivity index (χ1v) is 17.1. The zero-order chi connectivity index (χ0) is 31.1. The van der Waals surface area contributed by atoms with Crippen LogP contribution in [-0.2, 0) is 0 Å². The monoisotopic (exact) mass is 594 g/mol. The summed E-state index contributed by atoms with van der Waals surface area (Å²) in [6.07, 6.45) is 0. The van der Waals surface area contributed by atoms with E-state index in [0.29, 0.717) is 0 Å². The fraction of sp³-hybridized carbons (Fsp3) is 0.455. The van der Waals surface area contributed by atoms with E-state index in [0.717, 1.165) is 17.1 Å². The summed E-state index contributed by atoms with van der Waals surface area (Å²) in [4.78, 5) is 13.3. The van der Waals surface area contributed by atoms with Crippen molar-refractivity contribution < 1.29 is 0 Å². The number of hydrogen-bond donors (Lipinski definition) is 0. The van der Waals surface area contributed by atoms with Crippen LogP contribution in [0.5, 0.6) is 0 Å². The van der Waals surface area contributed by atoms with Crippen LogP contribution in [-0.4, -0.2) is 92.0 Å². The Balaban J connectivity index is 2.79. The van der Waals surface area contributed by atoms with Crippen molar-refractivity contribution in [3.63, 3.8) is 0 Å². The van der Waals surface area contributed by atoms with E-state index in [2.05, 4.69) is 171 Å². The lowest BCUT2D eigenvalue weighted by molar-refractivity contribution is 1.07. The molecule has 0 aliphatic heterocycles. The molecule has 0 fully saturated rings.